The van der Waals surface area contributed by atoms with E-state index in [4.69, 9.17) is 9.47 Å². The Morgan fingerprint density at radius 1 is 1.00 bits per heavy atom. The van der Waals surface area contributed by atoms with Crippen molar-refractivity contribution in [2.24, 2.45) is 0 Å². The van der Waals surface area contributed by atoms with Gasteiger partial charge in [0.05, 0.1) is 0 Å². The first-order chi connectivity index (χ1) is 12.7. The van der Waals surface area contributed by atoms with Crippen LogP contribution in [0.3, 0.4) is 0 Å². The van der Waals surface area contributed by atoms with E-state index in [-0.39, 0.29) is 6.42 Å². The molecule has 144 valence electrons. The molecule has 27 heavy (non-hydrogen) atoms. The van der Waals surface area contributed by atoms with Gasteiger partial charge in [-0.15, -0.1) is 0 Å². The highest BCUT2D eigenvalue weighted by Crippen LogP contribution is 2.16. The molecular formula is C21H24FNO4. The maximum absolute atomic E-state index is 13.3. The van der Waals surface area contributed by atoms with Crippen LogP contribution in [0.15, 0.2) is 54.6 Å². The quantitative estimate of drug-likeness (QED) is 0.739. The van der Waals surface area contributed by atoms with Crippen LogP contribution in [0.25, 0.3) is 0 Å². The standard InChI is InChI=1S/C21H24FNO4/c1-21(2,3)27-20(25)23-18(19(22)24)13-15-9-11-17(12-10-15)26-14-16-7-5-4-6-8-16/h4-12,18H,13-14H2,1-3H3,(H,23,25)/t18-/m0/s1. The zero-order valence-corrected chi connectivity index (χ0v) is 15.7. The molecule has 0 bridgehead atoms. The van der Waals surface area contributed by atoms with Crippen LogP contribution in [0, 0.1) is 0 Å². The van der Waals surface area contributed by atoms with Crippen molar-refractivity contribution in [3.8, 4) is 5.75 Å². The summed E-state index contributed by atoms with van der Waals surface area (Å²) in [6.45, 7) is 5.50. The molecule has 0 heterocycles. The van der Waals surface area contributed by atoms with Crippen LogP contribution in [-0.4, -0.2) is 23.8 Å². The molecule has 0 saturated heterocycles. The van der Waals surface area contributed by atoms with Gasteiger partial charge in [-0.1, -0.05) is 42.5 Å². The summed E-state index contributed by atoms with van der Waals surface area (Å²) < 4.78 is 24.0. The van der Waals surface area contributed by atoms with Crippen LogP contribution >= 0.6 is 0 Å². The summed E-state index contributed by atoms with van der Waals surface area (Å²) in [5, 5.41) is 2.27. The highest BCUT2D eigenvalue weighted by Gasteiger charge is 2.24. The summed E-state index contributed by atoms with van der Waals surface area (Å²) >= 11 is 0. The number of halogens is 1. The van der Waals surface area contributed by atoms with E-state index < -0.39 is 23.8 Å². The number of hydrogen-bond acceptors (Lipinski definition) is 4. The topological polar surface area (TPSA) is 64.6 Å². The Bertz CT molecular complexity index is 754. The minimum Gasteiger partial charge on any atom is -0.489 e. The maximum Gasteiger partial charge on any atom is 0.408 e. The van der Waals surface area contributed by atoms with E-state index in [1.165, 1.54) is 0 Å². The zero-order chi connectivity index (χ0) is 19.9. The van der Waals surface area contributed by atoms with E-state index in [1.807, 2.05) is 30.3 Å². The van der Waals surface area contributed by atoms with Gasteiger partial charge in [-0.05, 0) is 44.0 Å². The zero-order valence-electron chi connectivity index (χ0n) is 15.7. The lowest BCUT2D eigenvalue weighted by atomic mass is 10.1. The van der Waals surface area contributed by atoms with Crippen LogP contribution < -0.4 is 10.1 Å². The van der Waals surface area contributed by atoms with Gasteiger partial charge in [0, 0.05) is 6.42 Å². The molecule has 0 unspecified atom stereocenters. The van der Waals surface area contributed by atoms with Crippen molar-refractivity contribution in [3.63, 3.8) is 0 Å². The molecule has 5 nitrogen and oxygen atoms in total. The Kier molecular flexibility index (Phi) is 6.93. The van der Waals surface area contributed by atoms with E-state index in [9.17, 15) is 14.0 Å². The van der Waals surface area contributed by atoms with Gasteiger partial charge in [-0.25, -0.2) is 4.79 Å². The fraction of sp³-hybridized carbons (Fsp3) is 0.333. The van der Waals surface area contributed by atoms with Crippen molar-refractivity contribution in [3.05, 3.63) is 65.7 Å². The number of carbonyl (C=O) groups excluding carboxylic acids is 2. The molecule has 0 fully saturated rings. The van der Waals surface area contributed by atoms with Gasteiger partial charge in [-0.3, -0.25) is 4.79 Å². The van der Waals surface area contributed by atoms with E-state index >= 15 is 0 Å². The Morgan fingerprint density at radius 3 is 2.19 bits per heavy atom. The molecule has 2 aromatic rings. The van der Waals surface area contributed by atoms with E-state index in [0.717, 1.165) is 5.56 Å². The summed E-state index contributed by atoms with van der Waals surface area (Å²) in [5.74, 6) is 0.658. The molecule has 0 saturated carbocycles. The summed E-state index contributed by atoms with van der Waals surface area (Å²) in [7, 11) is 0. The second-order valence-electron chi connectivity index (χ2n) is 7.13. The molecule has 0 aliphatic heterocycles. The summed E-state index contributed by atoms with van der Waals surface area (Å²) in [6.07, 6.45) is -0.811. The summed E-state index contributed by atoms with van der Waals surface area (Å²) in [5.41, 5.74) is 1.01. The monoisotopic (exact) mass is 373 g/mol. The molecule has 2 rings (SSSR count). The van der Waals surface area contributed by atoms with Gasteiger partial charge in [0.1, 0.15) is 24.0 Å². The Balaban J connectivity index is 1.92. The molecule has 0 aliphatic carbocycles. The van der Waals surface area contributed by atoms with Gasteiger partial charge in [0.15, 0.2) is 0 Å². The van der Waals surface area contributed by atoms with Crippen molar-refractivity contribution in [2.45, 2.75) is 45.4 Å². The van der Waals surface area contributed by atoms with E-state index in [1.54, 1.807) is 45.0 Å². The van der Waals surface area contributed by atoms with Crippen LogP contribution in [0.2, 0.25) is 0 Å². The molecule has 6 heteroatoms. The Morgan fingerprint density at radius 2 is 1.63 bits per heavy atom. The molecule has 1 N–H and O–H groups in total. The van der Waals surface area contributed by atoms with Crippen molar-refractivity contribution in [1.82, 2.24) is 5.32 Å². The lowest BCUT2D eigenvalue weighted by Crippen LogP contribution is -2.43. The van der Waals surface area contributed by atoms with Crippen molar-refractivity contribution < 1.29 is 23.5 Å². The Hall–Kier alpha value is -2.89. The highest BCUT2D eigenvalue weighted by molar-refractivity contribution is 5.80. The number of nitrogens with one attached hydrogen (secondary N) is 1. The smallest absolute Gasteiger partial charge is 0.408 e. The molecule has 0 aromatic heterocycles. The predicted molar refractivity (Wildman–Crippen MR) is 100 cm³/mol. The number of rotatable bonds is 7. The SMILES string of the molecule is CC(C)(C)OC(=O)N[C@@H](Cc1ccc(OCc2ccccc2)cc1)C(=O)F. The number of alkyl carbamates (subject to hydrolysis) is 1. The lowest BCUT2D eigenvalue weighted by Gasteiger charge is -2.21. The third-order valence-electron chi connectivity index (χ3n) is 3.58. The van der Waals surface area contributed by atoms with Gasteiger partial charge in [0.25, 0.3) is 0 Å². The first-order valence-electron chi connectivity index (χ1n) is 8.67. The van der Waals surface area contributed by atoms with Gasteiger partial charge < -0.3 is 14.8 Å². The molecular weight excluding hydrogens is 349 g/mol. The highest BCUT2D eigenvalue weighted by atomic mass is 19.1. The van der Waals surface area contributed by atoms with E-state index in [0.29, 0.717) is 17.9 Å². The number of hydrogen-bond donors (Lipinski definition) is 1. The number of carbonyl (C=O) groups is 2. The third kappa shape index (κ3) is 7.48. The van der Waals surface area contributed by atoms with Crippen LogP contribution in [0.4, 0.5) is 9.18 Å². The van der Waals surface area contributed by atoms with Gasteiger partial charge in [-0.2, -0.15) is 4.39 Å². The van der Waals surface area contributed by atoms with Crippen LogP contribution in [0.5, 0.6) is 5.75 Å². The van der Waals surface area contributed by atoms with Crippen molar-refractivity contribution in [1.29, 1.82) is 0 Å². The fourth-order valence-electron chi connectivity index (χ4n) is 2.34. The fourth-order valence-corrected chi connectivity index (χ4v) is 2.34. The molecule has 0 spiro atoms. The average Bonchev–Trinajstić information content (AvgIpc) is 2.60. The normalized spacial score (nSPS) is 12.1. The van der Waals surface area contributed by atoms with Gasteiger partial charge in [0.2, 0.25) is 0 Å². The number of amides is 1. The predicted octanol–water partition coefficient (Wildman–Crippen LogP) is 4.20. The van der Waals surface area contributed by atoms with E-state index in [2.05, 4.69) is 5.32 Å². The van der Waals surface area contributed by atoms with Crippen molar-refractivity contribution in [2.75, 3.05) is 0 Å². The minimum absolute atomic E-state index is 0.0214. The van der Waals surface area contributed by atoms with Gasteiger partial charge >= 0.3 is 12.1 Å². The molecule has 2 aromatic carbocycles. The third-order valence-corrected chi connectivity index (χ3v) is 3.58. The summed E-state index contributed by atoms with van der Waals surface area (Å²) in [6, 6.07) is 13.8. The first kappa shape index (κ1) is 20.4. The maximum atomic E-state index is 13.3. The second kappa shape index (κ2) is 9.16. The first-order valence-corrected chi connectivity index (χ1v) is 8.67. The molecule has 1 amide bonds. The lowest BCUT2D eigenvalue weighted by molar-refractivity contribution is -0.131. The number of ether oxygens (including phenoxy) is 2. The van der Waals surface area contributed by atoms with Crippen LogP contribution in [0.1, 0.15) is 31.9 Å². The largest absolute Gasteiger partial charge is 0.489 e. The average molecular weight is 373 g/mol. The number of benzene rings is 2. The molecule has 1 atom stereocenters. The molecule has 0 radical (unpaired) electrons. The van der Waals surface area contributed by atoms with Crippen molar-refractivity contribution >= 4 is 12.1 Å². The molecule has 0 aliphatic rings. The van der Waals surface area contributed by atoms with Crippen LogP contribution in [-0.2, 0) is 22.6 Å². The Labute approximate surface area is 158 Å². The minimum atomic E-state index is -1.62. The second-order valence-corrected chi connectivity index (χ2v) is 7.13. The summed E-state index contributed by atoms with van der Waals surface area (Å²) in [4.78, 5) is 23.0.